The molecule has 9 heteroatoms. The number of likely N-dealkylation sites (tertiary alicyclic amines) is 1. The van der Waals surface area contributed by atoms with Crippen LogP contribution in [0.3, 0.4) is 0 Å². The number of rotatable bonds is 7. The molecule has 29 heavy (non-hydrogen) atoms. The van der Waals surface area contributed by atoms with Gasteiger partial charge in [-0.05, 0) is 26.7 Å². The van der Waals surface area contributed by atoms with Gasteiger partial charge in [0.1, 0.15) is 11.5 Å². The van der Waals surface area contributed by atoms with Crippen molar-refractivity contribution in [1.82, 2.24) is 25.2 Å². The fourth-order valence-electron chi connectivity index (χ4n) is 3.70. The molecule has 2 aliphatic rings. The Hall–Kier alpha value is -2.26. The first kappa shape index (κ1) is 20.0. The number of carbonyl (C=O) groups excluding carboxylic acids is 1. The van der Waals surface area contributed by atoms with Crippen molar-refractivity contribution < 1.29 is 4.79 Å². The summed E-state index contributed by atoms with van der Waals surface area (Å²) >= 11 is 1.65. The van der Waals surface area contributed by atoms with Crippen molar-refractivity contribution in [2.24, 2.45) is 0 Å². The molecule has 0 aromatic carbocycles. The third kappa shape index (κ3) is 4.67. The fourth-order valence-corrected chi connectivity index (χ4v) is 4.56. The van der Waals surface area contributed by atoms with Crippen LogP contribution in [0.5, 0.6) is 0 Å². The van der Waals surface area contributed by atoms with Crippen molar-refractivity contribution in [3.05, 3.63) is 16.6 Å². The Bertz CT molecular complexity index is 863. The predicted octanol–water partition coefficient (Wildman–Crippen LogP) is 2.05. The molecule has 2 fully saturated rings. The topological polar surface area (TPSA) is 86.3 Å². The number of hydrogen-bond donors (Lipinski definition) is 2. The lowest BCUT2D eigenvalue weighted by molar-refractivity contribution is -0.127. The number of amides is 1. The first-order valence-electron chi connectivity index (χ1n) is 10.4. The second kappa shape index (κ2) is 9.04. The summed E-state index contributed by atoms with van der Waals surface area (Å²) in [4.78, 5) is 30.2. The van der Waals surface area contributed by atoms with Gasteiger partial charge >= 0.3 is 0 Å². The molecule has 0 bridgehead atoms. The zero-order chi connectivity index (χ0) is 20.2. The molecule has 2 aliphatic heterocycles. The Morgan fingerprint density at radius 3 is 2.76 bits per heavy atom. The van der Waals surface area contributed by atoms with Gasteiger partial charge in [-0.25, -0.2) is 15.0 Å². The minimum Gasteiger partial charge on any atom is -0.370 e. The third-order valence-corrected chi connectivity index (χ3v) is 6.47. The number of aryl methyl sites for hydroxylation is 1. The number of piperazine rings is 1. The van der Waals surface area contributed by atoms with Crippen LogP contribution in [-0.2, 0) is 4.79 Å². The molecule has 0 spiro atoms. The second-order valence-corrected chi connectivity index (χ2v) is 8.46. The Kier molecular flexibility index (Phi) is 6.25. The van der Waals surface area contributed by atoms with Crippen LogP contribution in [0.1, 0.15) is 30.5 Å². The molecule has 8 nitrogen and oxygen atoms in total. The first-order valence-corrected chi connectivity index (χ1v) is 11.3. The summed E-state index contributed by atoms with van der Waals surface area (Å²) in [5.74, 6) is 1.81. The van der Waals surface area contributed by atoms with Crippen LogP contribution in [0.2, 0.25) is 0 Å². The van der Waals surface area contributed by atoms with E-state index in [0.29, 0.717) is 12.2 Å². The number of hydrogen-bond acceptors (Lipinski definition) is 8. The predicted molar refractivity (Wildman–Crippen MR) is 117 cm³/mol. The highest BCUT2D eigenvalue weighted by Gasteiger charge is 2.20. The summed E-state index contributed by atoms with van der Waals surface area (Å²) in [6.45, 7) is 10.5. The lowest BCUT2D eigenvalue weighted by Crippen LogP contribution is -2.43. The molecule has 1 amide bonds. The Balaban J connectivity index is 1.41. The van der Waals surface area contributed by atoms with Crippen LogP contribution in [0.4, 0.5) is 10.9 Å². The van der Waals surface area contributed by atoms with Crippen LogP contribution in [-0.4, -0.2) is 71.6 Å². The van der Waals surface area contributed by atoms with E-state index < -0.39 is 0 Å². The zero-order valence-electron chi connectivity index (χ0n) is 17.2. The second-order valence-electron chi connectivity index (χ2n) is 7.62. The van der Waals surface area contributed by atoms with Gasteiger partial charge in [0.2, 0.25) is 5.91 Å². The molecule has 0 saturated carbocycles. The number of aromatic nitrogens is 3. The zero-order valence-corrected chi connectivity index (χ0v) is 18.0. The fraction of sp³-hybridized carbons (Fsp3) is 0.600. The lowest BCUT2D eigenvalue weighted by Gasteiger charge is -2.26. The number of nitrogens with zero attached hydrogens (tertiary/aromatic N) is 5. The molecular formula is C20H29N7OS. The summed E-state index contributed by atoms with van der Waals surface area (Å²) in [7, 11) is 0. The van der Waals surface area contributed by atoms with Gasteiger partial charge in [0.05, 0.1) is 0 Å². The maximum atomic E-state index is 11.7. The van der Waals surface area contributed by atoms with E-state index in [1.54, 1.807) is 11.3 Å². The Labute approximate surface area is 175 Å². The standard InChI is InChI=1S/C20H29N7OS/c1-14-15(2)23-19(16-13-29-20(24-16)27-11-7-21-8-12-27)25-18(14)22-6-4-10-26-9-3-5-17(26)28/h13,21H,3-12H2,1-2H3,(H,22,23,25). The Morgan fingerprint density at radius 2 is 2.00 bits per heavy atom. The average Bonchev–Trinajstić information content (AvgIpc) is 3.38. The number of anilines is 2. The van der Waals surface area contributed by atoms with Gasteiger partial charge < -0.3 is 20.4 Å². The van der Waals surface area contributed by atoms with E-state index in [9.17, 15) is 4.79 Å². The monoisotopic (exact) mass is 415 g/mol. The summed E-state index contributed by atoms with van der Waals surface area (Å²) in [5.41, 5.74) is 2.85. The third-order valence-electron chi connectivity index (χ3n) is 5.57. The van der Waals surface area contributed by atoms with Crippen molar-refractivity contribution in [2.45, 2.75) is 33.1 Å². The van der Waals surface area contributed by atoms with Gasteiger partial charge in [0, 0.05) is 68.9 Å². The van der Waals surface area contributed by atoms with E-state index in [-0.39, 0.29) is 5.91 Å². The van der Waals surface area contributed by atoms with Gasteiger partial charge in [-0.3, -0.25) is 4.79 Å². The highest BCUT2D eigenvalue weighted by atomic mass is 32.1. The number of thiazole rings is 1. The molecule has 0 aliphatic carbocycles. The van der Waals surface area contributed by atoms with Crippen molar-refractivity contribution in [3.8, 4) is 11.5 Å². The molecule has 2 N–H and O–H groups in total. The van der Waals surface area contributed by atoms with Crippen LogP contribution < -0.4 is 15.5 Å². The number of carbonyl (C=O) groups is 1. The van der Waals surface area contributed by atoms with Crippen LogP contribution in [0, 0.1) is 13.8 Å². The van der Waals surface area contributed by atoms with Gasteiger partial charge in [-0.15, -0.1) is 11.3 Å². The minimum atomic E-state index is 0.283. The highest BCUT2D eigenvalue weighted by Crippen LogP contribution is 2.27. The molecule has 4 rings (SSSR count). The molecule has 2 aromatic rings. The van der Waals surface area contributed by atoms with E-state index in [0.717, 1.165) is 86.6 Å². The van der Waals surface area contributed by atoms with Gasteiger partial charge in [0.25, 0.3) is 0 Å². The largest absolute Gasteiger partial charge is 0.370 e. The van der Waals surface area contributed by atoms with Gasteiger partial charge in [0.15, 0.2) is 11.0 Å². The summed E-state index contributed by atoms with van der Waals surface area (Å²) in [6.07, 6.45) is 2.60. The van der Waals surface area contributed by atoms with Crippen LogP contribution >= 0.6 is 11.3 Å². The SMILES string of the molecule is Cc1nc(-c2csc(N3CCNCC3)n2)nc(NCCCN2CCCC2=O)c1C. The normalized spacial score (nSPS) is 17.2. The molecular weight excluding hydrogens is 386 g/mol. The molecule has 0 atom stereocenters. The summed E-state index contributed by atoms with van der Waals surface area (Å²) in [6, 6.07) is 0. The van der Waals surface area contributed by atoms with Gasteiger partial charge in [-0.2, -0.15) is 0 Å². The molecule has 156 valence electrons. The highest BCUT2D eigenvalue weighted by molar-refractivity contribution is 7.14. The van der Waals surface area contributed by atoms with Crippen molar-refractivity contribution in [1.29, 1.82) is 0 Å². The first-order chi connectivity index (χ1) is 14.1. The maximum absolute atomic E-state index is 11.7. The molecule has 0 unspecified atom stereocenters. The smallest absolute Gasteiger partial charge is 0.222 e. The van der Waals surface area contributed by atoms with E-state index in [4.69, 9.17) is 9.97 Å². The summed E-state index contributed by atoms with van der Waals surface area (Å²) in [5, 5.41) is 9.89. The quantitative estimate of drug-likeness (QED) is 0.669. The maximum Gasteiger partial charge on any atom is 0.222 e. The van der Waals surface area contributed by atoms with Crippen molar-refractivity contribution in [2.75, 3.05) is 56.0 Å². The van der Waals surface area contributed by atoms with E-state index in [2.05, 4.69) is 20.5 Å². The Morgan fingerprint density at radius 1 is 1.17 bits per heavy atom. The number of nitrogens with one attached hydrogen (secondary N) is 2. The van der Waals surface area contributed by atoms with Gasteiger partial charge in [-0.1, -0.05) is 0 Å². The van der Waals surface area contributed by atoms with Crippen LogP contribution in [0.15, 0.2) is 5.38 Å². The van der Waals surface area contributed by atoms with Crippen molar-refractivity contribution >= 4 is 28.2 Å². The van der Waals surface area contributed by atoms with E-state index in [1.165, 1.54) is 0 Å². The van der Waals surface area contributed by atoms with Crippen LogP contribution in [0.25, 0.3) is 11.5 Å². The molecule has 4 heterocycles. The molecule has 2 saturated heterocycles. The van der Waals surface area contributed by atoms with E-state index in [1.807, 2.05) is 24.1 Å². The molecule has 0 radical (unpaired) electrons. The van der Waals surface area contributed by atoms with Crippen molar-refractivity contribution in [3.63, 3.8) is 0 Å². The summed E-state index contributed by atoms with van der Waals surface area (Å²) < 4.78 is 0. The minimum absolute atomic E-state index is 0.283. The van der Waals surface area contributed by atoms with E-state index >= 15 is 0 Å². The lowest BCUT2D eigenvalue weighted by atomic mass is 10.2. The molecule has 2 aromatic heterocycles. The average molecular weight is 416 g/mol.